The van der Waals surface area contributed by atoms with Gasteiger partial charge in [-0.1, -0.05) is 12.1 Å². The molecular formula is C12H23N5. The molecule has 0 saturated carbocycles. The third-order valence-corrected chi connectivity index (χ3v) is 3.42. The Morgan fingerprint density at radius 3 is 2.88 bits per heavy atom. The van der Waals surface area contributed by atoms with Gasteiger partial charge in [-0.3, -0.25) is 9.58 Å². The molecule has 2 heterocycles. The Hall–Kier alpha value is -0.940. The summed E-state index contributed by atoms with van der Waals surface area (Å²) in [6, 6.07) is 0.602. The van der Waals surface area contributed by atoms with Crippen molar-refractivity contribution in [1.82, 2.24) is 25.2 Å². The molecule has 0 bridgehead atoms. The summed E-state index contributed by atoms with van der Waals surface area (Å²) in [4.78, 5) is 2.51. The quantitative estimate of drug-likeness (QED) is 0.844. The monoisotopic (exact) mass is 237 g/mol. The maximum atomic E-state index is 4.18. The van der Waals surface area contributed by atoms with Gasteiger partial charge < -0.3 is 5.32 Å². The van der Waals surface area contributed by atoms with Gasteiger partial charge in [0.25, 0.3) is 0 Å². The molecule has 1 atom stereocenters. The van der Waals surface area contributed by atoms with Gasteiger partial charge in [0.1, 0.15) is 0 Å². The maximum absolute atomic E-state index is 4.18. The van der Waals surface area contributed by atoms with Gasteiger partial charge in [0.05, 0.1) is 5.69 Å². The minimum absolute atomic E-state index is 0.188. The lowest BCUT2D eigenvalue weighted by Gasteiger charge is -2.44. The number of piperazine rings is 1. The van der Waals surface area contributed by atoms with Gasteiger partial charge in [0, 0.05) is 44.5 Å². The summed E-state index contributed by atoms with van der Waals surface area (Å²) in [6.07, 6.45) is 3.17. The average molecular weight is 237 g/mol. The van der Waals surface area contributed by atoms with Gasteiger partial charge in [-0.05, 0) is 20.3 Å². The molecule has 5 nitrogen and oxygen atoms in total. The average Bonchev–Trinajstić information content (AvgIpc) is 2.63. The molecule has 0 aromatic carbocycles. The van der Waals surface area contributed by atoms with Crippen LogP contribution in [0.3, 0.4) is 0 Å². The molecule has 1 aliphatic rings. The minimum Gasteiger partial charge on any atom is -0.309 e. The van der Waals surface area contributed by atoms with E-state index in [1.165, 1.54) is 6.42 Å². The van der Waals surface area contributed by atoms with Crippen LogP contribution in [0.25, 0.3) is 0 Å². The van der Waals surface area contributed by atoms with Crippen LogP contribution in [-0.2, 0) is 13.6 Å². The van der Waals surface area contributed by atoms with E-state index in [0.29, 0.717) is 6.04 Å². The van der Waals surface area contributed by atoms with Crippen molar-refractivity contribution in [2.45, 2.75) is 45.3 Å². The normalized spacial score (nSPS) is 25.1. The zero-order valence-electron chi connectivity index (χ0n) is 11.3. The highest BCUT2D eigenvalue weighted by molar-refractivity contribution is 4.97. The number of rotatable bonds is 3. The largest absolute Gasteiger partial charge is 0.309 e. The molecule has 1 fully saturated rings. The molecule has 96 valence electrons. The lowest BCUT2D eigenvalue weighted by Crippen LogP contribution is -2.61. The van der Waals surface area contributed by atoms with Crippen molar-refractivity contribution >= 4 is 0 Å². The van der Waals surface area contributed by atoms with E-state index in [-0.39, 0.29) is 5.54 Å². The van der Waals surface area contributed by atoms with Crippen LogP contribution < -0.4 is 5.32 Å². The second-order valence-electron chi connectivity index (χ2n) is 5.62. The van der Waals surface area contributed by atoms with Crippen LogP contribution in [0.2, 0.25) is 0 Å². The van der Waals surface area contributed by atoms with Crippen LogP contribution in [0, 0.1) is 0 Å². The fourth-order valence-electron chi connectivity index (χ4n) is 2.48. The molecule has 0 amide bonds. The zero-order chi connectivity index (χ0) is 12.5. The first kappa shape index (κ1) is 12.5. The molecule has 1 unspecified atom stereocenters. The first-order valence-corrected chi connectivity index (χ1v) is 6.34. The summed E-state index contributed by atoms with van der Waals surface area (Å²) in [5, 5.41) is 11.8. The number of aryl methyl sites for hydroxylation is 1. The molecule has 0 aliphatic carbocycles. The predicted molar refractivity (Wildman–Crippen MR) is 67.6 cm³/mol. The molecule has 0 radical (unpaired) electrons. The maximum Gasteiger partial charge on any atom is 0.0967 e. The van der Waals surface area contributed by atoms with Gasteiger partial charge in [0.15, 0.2) is 0 Å². The predicted octanol–water partition coefficient (Wildman–Crippen LogP) is 0.777. The first-order chi connectivity index (χ1) is 8.00. The highest BCUT2D eigenvalue weighted by atomic mass is 15.4. The van der Waals surface area contributed by atoms with Crippen molar-refractivity contribution in [2.24, 2.45) is 7.05 Å². The highest BCUT2D eigenvalue weighted by Crippen LogP contribution is 2.18. The fraction of sp³-hybridized carbons (Fsp3) is 0.833. The fourth-order valence-corrected chi connectivity index (χ4v) is 2.48. The van der Waals surface area contributed by atoms with Gasteiger partial charge in [0.2, 0.25) is 0 Å². The van der Waals surface area contributed by atoms with Crippen molar-refractivity contribution in [2.75, 3.05) is 13.1 Å². The zero-order valence-corrected chi connectivity index (χ0v) is 11.3. The molecule has 5 heteroatoms. The molecule has 1 aromatic heterocycles. The van der Waals surface area contributed by atoms with E-state index in [4.69, 9.17) is 0 Å². The molecule has 17 heavy (non-hydrogen) atoms. The molecule has 1 aliphatic heterocycles. The minimum atomic E-state index is 0.188. The summed E-state index contributed by atoms with van der Waals surface area (Å²) in [5.74, 6) is 0. The Labute approximate surface area is 103 Å². The van der Waals surface area contributed by atoms with Crippen LogP contribution in [0.15, 0.2) is 6.20 Å². The Morgan fingerprint density at radius 1 is 1.53 bits per heavy atom. The van der Waals surface area contributed by atoms with Crippen molar-refractivity contribution in [3.63, 3.8) is 0 Å². The summed E-state index contributed by atoms with van der Waals surface area (Å²) >= 11 is 0. The van der Waals surface area contributed by atoms with Gasteiger partial charge >= 0.3 is 0 Å². The smallest absolute Gasteiger partial charge is 0.0967 e. The SMILES string of the molecule is CCC1CNC(C)(C)CN1Cc1cn(C)nn1. The molecule has 1 aromatic rings. The summed E-state index contributed by atoms with van der Waals surface area (Å²) in [7, 11) is 1.91. The summed E-state index contributed by atoms with van der Waals surface area (Å²) in [6.45, 7) is 9.77. The standard InChI is InChI=1S/C12H23N5/c1-5-11-6-13-12(2,3)9-17(11)8-10-7-16(4)15-14-10/h7,11,13H,5-6,8-9H2,1-4H3. The van der Waals surface area contributed by atoms with E-state index >= 15 is 0 Å². The topological polar surface area (TPSA) is 46.0 Å². The highest BCUT2D eigenvalue weighted by Gasteiger charge is 2.31. The van der Waals surface area contributed by atoms with Gasteiger partial charge in [-0.2, -0.15) is 0 Å². The van der Waals surface area contributed by atoms with E-state index < -0.39 is 0 Å². The van der Waals surface area contributed by atoms with E-state index in [2.05, 4.69) is 41.3 Å². The Bertz CT molecular complexity index is 371. The van der Waals surface area contributed by atoms with Crippen LogP contribution in [-0.4, -0.2) is 44.6 Å². The summed E-state index contributed by atoms with van der Waals surface area (Å²) in [5.41, 5.74) is 1.25. The van der Waals surface area contributed by atoms with Gasteiger partial charge in [-0.15, -0.1) is 5.10 Å². The van der Waals surface area contributed by atoms with Gasteiger partial charge in [-0.25, -0.2) is 0 Å². The van der Waals surface area contributed by atoms with Crippen LogP contribution in [0.5, 0.6) is 0 Å². The lowest BCUT2D eigenvalue weighted by molar-refractivity contribution is 0.0846. The second-order valence-corrected chi connectivity index (χ2v) is 5.62. The lowest BCUT2D eigenvalue weighted by atomic mass is 9.97. The molecule has 1 saturated heterocycles. The second kappa shape index (κ2) is 4.74. The Morgan fingerprint density at radius 2 is 2.29 bits per heavy atom. The summed E-state index contributed by atoms with van der Waals surface area (Å²) < 4.78 is 1.77. The number of hydrogen-bond acceptors (Lipinski definition) is 4. The first-order valence-electron chi connectivity index (χ1n) is 6.34. The molecule has 1 N–H and O–H groups in total. The number of nitrogens with one attached hydrogen (secondary N) is 1. The van der Waals surface area contributed by atoms with E-state index in [0.717, 1.165) is 25.3 Å². The number of hydrogen-bond donors (Lipinski definition) is 1. The van der Waals surface area contributed by atoms with Crippen LogP contribution >= 0.6 is 0 Å². The van der Waals surface area contributed by atoms with E-state index in [1.54, 1.807) is 4.68 Å². The van der Waals surface area contributed by atoms with Crippen molar-refractivity contribution in [3.05, 3.63) is 11.9 Å². The Kier molecular flexibility index (Phi) is 3.49. The van der Waals surface area contributed by atoms with Crippen molar-refractivity contribution in [3.8, 4) is 0 Å². The number of aromatic nitrogens is 3. The van der Waals surface area contributed by atoms with Crippen molar-refractivity contribution in [1.29, 1.82) is 0 Å². The van der Waals surface area contributed by atoms with Crippen LogP contribution in [0.4, 0.5) is 0 Å². The Balaban J connectivity index is 2.05. The third-order valence-electron chi connectivity index (χ3n) is 3.42. The molecule has 0 spiro atoms. The van der Waals surface area contributed by atoms with E-state index in [9.17, 15) is 0 Å². The molecular weight excluding hydrogens is 214 g/mol. The number of nitrogens with zero attached hydrogens (tertiary/aromatic N) is 4. The van der Waals surface area contributed by atoms with E-state index in [1.807, 2.05) is 13.2 Å². The van der Waals surface area contributed by atoms with Crippen LogP contribution in [0.1, 0.15) is 32.9 Å². The third kappa shape index (κ3) is 3.04. The van der Waals surface area contributed by atoms with Crippen molar-refractivity contribution < 1.29 is 0 Å². The molecule has 2 rings (SSSR count).